The first-order chi connectivity index (χ1) is 15.1. The molecular formula is C24H19ClN2O4. The van der Waals surface area contributed by atoms with Gasteiger partial charge in [-0.1, -0.05) is 60.7 Å². The van der Waals surface area contributed by atoms with Crippen molar-refractivity contribution in [3.8, 4) is 11.5 Å². The summed E-state index contributed by atoms with van der Waals surface area (Å²) in [7, 11) is 0. The highest BCUT2D eigenvalue weighted by molar-refractivity contribution is 6.29. The molecule has 0 saturated heterocycles. The Morgan fingerprint density at radius 2 is 1.61 bits per heavy atom. The van der Waals surface area contributed by atoms with Crippen molar-refractivity contribution in [1.29, 1.82) is 0 Å². The van der Waals surface area contributed by atoms with Crippen LogP contribution in [0, 0.1) is 0 Å². The smallest absolute Gasteiger partial charge is 0.262 e. The van der Waals surface area contributed by atoms with Crippen LogP contribution in [0.4, 0.5) is 11.4 Å². The fourth-order valence-electron chi connectivity index (χ4n) is 3.38. The van der Waals surface area contributed by atoms with E-state index in [4.69, 9.17) is 16.3 Å². The third-order valence-corrected chi connectivity index (χ3v) is 5.05. The SMILES string of the molecule is O=C(CCl)Nc1c(O)ccc2ccccc12.O=C1COc2ccc3ccccc3c2N1. The zero-order valence-corrected chi connectivity index (χ0v) is 17.1. The van der Waals surface area contributed by atoms with Crippen LogP contribution in [0.1, 0.15) is 0 Å². The highest BCUT2D eigenvalue weighted by atomic mass is 35.5. The molecule has 4 aromatic rings. The second-order valence-electron chi connectivity index (χ2n) is 6.86. The lowest BCUT2D eigenvalue weighted by Crippen LogP contribution is -2.25. The molecule has 0 atom stereocenters. The molecule has 3 N–H and O–H groups in total. The van der Waals surface area contributed by atoms with Crippen molar-refractivity contribution in [3.63, 3.8) is 0 Å². The van der Waals surface area contributed by atoms with Crippen LogP contribution < -0.4 is 15.4 Å². The molecule has 6 nitrogen and oxygen atoms in total. The number of ether oxygens (including phenoxy) is 1. The first kappa shape index (κ1) is 20.5. The monoisotopic (exact) mass is 434 g/mol. The molecule has 1 aliphatic heterocycles. The van der Waals surface area contributed by atoms with Gasteiger partial charge >= 0.3 is 0 Å². The third-order valence-electron chi connectivity index (χ3n) is 4.81. The van der Waals surface area contributed by atoms with Crippen LogP contribution >= 0.6 is 11.6 Å². The molecule has 0 unspecified atom stereocenters. The lowest BCUT2D eigenvalue weighted by molar-refractivity contribution is -0.118. The van der Waals surface area contributed by atoms with Gasteiger partial charge in [0, 0.05) is 10.8 Å². The molecule has 0 saturated carbocycles. The largest absolute Gasteiger partial charge is 0.506 e. The summed E-state index contributed by atoms with van der Waals surface area (Å²) in [6.45, 7) is 0.103. The number of carbonyl (C=O) groups excluding carboxylic acids is 2. The zero-order chi connectivity index (χ0) is 21.8. The zero-order valence-electron chi connectivity index (χ0n) is 16.4. The van der Waals surface area contributed by atoms with E-state index >= 15 is 0 Å². The maximum atomic E-state index is 11.2. The fourth-order valence-corrected chi connectivity index (χ4v) is 3.45. The summed E-state index contributed by atoms with van der Waals surface area (Å²) in [5.41, 5.74) is 1.19. The Balaban J connectivity index is 0.000000149. The number of halogens is 1. The average Bonchev–Trinajstić information content (AvgIpc) is 2.81. The molecule has 2 amide bonds. The number of fused-ring (bicyclic) bond motifs is 4. The van der Waals surface area contributed by atoms with E-state index in [0.29, 0.717) is 5.69 Å². The number of alkyl halides is 1. The van der Waals surface area contributed by atoms with E-state index in [1.54, 1.807) is 12.1 Å². The minimum absolute atomic E-state index is 0.0390. The Labute approximate surface area is 183 Å². The van der Waals surface area contributed by atoms with Crippen LogP contribution in [0.3, 0.4) is 0 Å². The van der Waals surface area contributed by atoms with Gasteiger partial charge in [-0.2, -0.15) is 0 Å². The van der Waals surface area contributed by atoms with E-state index in [2.05, 4.69) is 10.6 Å². The second kappa shape index (κ2) is 8.93. The maximum Gasteiger partial charge on any atom is 0.262 e. The van der Waals surface area contributed by atoms with Gasteiger partial charge in [-0.05, 0) is 22.9 Å². The summed E-state index contributed by atoms with van der Waals surface area (Å²) in [5.74, 6) is 0.209. The summed E-state index contributed by atoms with van der Waals surface area (Å²) in [4.78, 5) is 22.5. The van der Waals surface area contributed by atoms with Crippen molar-refractivity contribution >= 4 is 56.3 Å². The summed E-state index contributed by atoms with van der Waals surface area (Å²) in [6, 6.07) is 22.6. The first-order valence-corrected chi connectivity index (χ1v) is 10.1. The average molecular weight is 435 g/mol. The first-order valence-electron chi connectivity index (χ1n) is 9.58. The number of rotatable bonds is 2. The van der Waals surface area contributed by atoms with Crippen molar-refractivity contribution in [3.05, 3.63) is 72.8 Å². The van der Waals surface area contributed by atoms with E-state index in [1.165, 1.54) is 0 Å². The molecule has 5 rings (SSSR count). The van der Waals surface area contributed by atoms with Crippen LogP contribution in [0.25, 0.3) is 21.5 Å². The number of hydrogen-bond acceptors (Lipinski definition) is 4. The molecule has 0 aromatic heterocycles. The van der Waals surface area contributed by atoms with Crippen molar-refractivity contribution in [2.24, 2.45) is 0 Å². The number of carbonyl (C=O) groups is 2. The van der Waals surface area contributed by atoms with Gasteiger partial charge < -0.3 is 20.5 Å². The van der Waals surface area contributed by atoms with Gasteiger partial charge in [0.2, 0.25) is 5.91 Å². The molecule has 156 valence electrons. The Kier molecular flexibility index (Phi) is 5.91. The second-order valence-corrected chi connectivity index (χ2v) is 7.13. The molecule has 0 radical (unpaired) electrons. The van der Waals surface area contributed by atoms with Crippen LogP contribution in [-0.2, 0) is 9.59 Å². The summed E-state index contributed by atoms with van der Waals surface area (Å²) in [6.07, 6.45) is 0. The number of phenolic OH excluding ortho intramolecular Hbond substituents is 1. The molecule has 0 spiro atoms. The molecule has 0 fully saturated rings. The fraction of sp³-hybridized carbons (Fsp3) is 0.0833. The molecule has 7 heteroatoms. The third kappa shape index (κ3) is 4.39. The van der Waals surface area contributed by atoms with Crippen LogP contribution in [-0.4, -0.2) is 29.4 Å². The molecule has 0 aliphatic carbocycles. The number of benzene rings is 4. The quantitative estimate of drug-likeness (QED) is 0.309. The number of phenols is 1. The van der Waals surface area contributed by atoms with Gasteiger partial charge in [-0.3, -0.25) is 9.59 Å². The van der Waals surface area contributed by atoms with Crippen molar-refractivity contribution < 1.29 is 19.4 Å². The van der Waals surface area contributed by atoms with Gasteiger partial charge in [-0.15, -0.1) is 11.6 Å². The van der Waals surface area contributed by atoms with Crippen molar-refractivity contribution in [1.82, 2.24) is 0 Å². The topological polar surface area (TPSA) is 87.7 Å². The van der Waals surface area contributed by atoms with E-state index in [-0.39, 0.29) is 30.1 Å². The van der Waals surface area contributed by atoms with Crippen molar-refractivity contribution in [2.75, 3.05) is 23.1 Å². The molecule has 1 aliphatic rings. The summed E-state index contributed by atoms with van der Waals surface area (Å²) >= 11 is 5.41. The normalized spacial score (nSPS) is 12.2. The highest BCUT2D eigenvalue weighted by Crippen LogP contribution is 2.35. The number of aromatic hydroxyl groups is 1. The summed E-state index contributed by atoms with van der Waals surface area (Å²) in [5, 5.41) is 19.0. The number of nitrogens with one attached hydrogen (secondary N) is 2. The Bertz CT molecular complexity index is 1290. The molecular weight excluding hydrogens is 416 g/mol. The van der Waals surface area contributed by atoms with Gasteiger partial charge in [0.15, 0.2) is 6.61 Å². The predicted octanol–water partition coefficient (Wildman–Crippen LogP) is 4.89. The maximum absolute atomic E-state index is 11.2. The highest BCUT2D eigenvalue weighted by Gasteiger charge is 2.17. The standard InChI is InChI=1S/C12H10ClNO2.C12H9NO2/c13-7-11(16)14-12-9-4-2-1-3-8(9)5-6-10(12)15;14-11-7-15-10-6-5-8-3-1-2-4-9(8)12(10)13-11/h1-6,15H,7H2,(H,14,16);1-6H,7H2,(H,13,14). The Morgan fingerprint density at radius 1 is 0.968 bits per heavy atom. The van der Waals surface area contributed by atoms with Gasteiger partial charge in [-0.25, -0.2) is 0 Å². The van der Waals surface area contributed by atoms with E-state index in [9.17, 15) is 14.7 Å². The number of hydrogen-bond donors (Lipinski definition) is 3. The van der Waals surface area contributed by atoms with E-state index in [0.717, 1.165) is 33.0 Å². The van der Waals surface area contributed by atoms with Crippen LogP contribution in [0.15, 0.2) is 72.8 Å². The van der Waals surface area contributed by atoms with E-state index in [1.807, 2.05) is 60.7 Å². The predicted molar refractivity (Wildman–Crippen MR) is 123 cm³/mol. The lowest BCUT2D eigenvalue weighted by atomic mass is 10.1. The van der Waals surface area contributed by atoms with Crippen molar-refractivity contribution in [2.45, 2.75) is 0 Å². The number of amides is 2. The van der Waals surface area contributed by atoms with Crippen LogP contribution in [0.5, 0.6) is 11.5 Å². The molecule has 31 heavy (non-hydrogen) atoms. The minimum Gasteiger partial charge on any atom is -0.506 e. The Hall–Kier alpha value is -3.77. The lowest BCUT2D eigenvalue weighted by Gasteiger charge is -2.19. The Morgan fingerprint density at radius 3 is 2.35 bits per heavy atom. The van der Waals surface area contributed by atoms with Gasteiger partial charge in [0.05, 0.1) is 11.4 Å². The van der Waals surface area contributed by atoms with Gasteiger partial charge in [0.1, 0.15) is 17.4 Å². The van der Waals surface area contributed by atoms with Crippen LogP contribution in [0.2, 0.25) is 0 Å². The molecule has 1 heterocycles. The minimum atomic E-state index is -0.340. The van der Waals surface area contributed by atoms with Gasteiger partial charge in [0.25, 0.3) is 5.91 Å². The summed E-state index contributed by atoms with van der Waals surface area (Å²) < 4.78 is 5.33. The molecule has 4 aromatic carbocycles. The number of anilines is 2. The molecule has 0 bridgehead atoms. The van der Waals surface area contributed by atoms with E-state index < -0.39 is 0 Å².